The van der Waals surface area contributed by atoms with E-state index in [-0.39, 0.29) is 24.0 Å². The molecule has 158 valence electrons. The number of guanidine groups is 1. The van der Waals surface area contributed by atoms with Gasteiger partial charge in [-0.2, -0.15) is 0 Å². The molecule has 0 saturated carbocycles. The highest BCUT2D eigenvalue weighted by Crippen LogP contribution is 2.19. The predicted molar refractivity (Wildman–Crippen MR) is 130 cm³/mol. The van der Waals surface area contributed by atoms with Gasteiger partial charge in [0.15, 0.2) is 5.96 Å². The number of anilines is 1. The second-order valence-corrected chi connectivity index (χ2v) is 7.06. The monoisotopic (exact) mass is 509 g/mol. The van der Waals surface area contributed by atoms with Gasteiger partial charge in [-0.25, -0.2) is 9.98 Å². The highest BCUT2D eigenvalue weighted by Gasteiger charge is 2.15. The van der Waals surface area contributed by atoms with Crippen LogP contribution in [-0.2, 0) is 17.8 Å². The summed E-state index contributed by atoms with van der Waals surface area (Å²) in [6.07, 6.45) is 1.85. The van der Waals surface area contributed by atoms with E-state index in [2.05, 4.69) is 65.6 Å². The Bertz CT molecular complexity index is 806. The Morgan fingerprint density at radius 1 is 1.14 bits per heavy atom. The fraction of sp³-hybridized carbons (Fsp3) is 0.455. The van der Waals surface area contributed by atoms with Crippen molar-refractivity contribution in [2.45, 2.75) is 33.9 Å². The molecule has 2 aromatic rings. The van der Waals surface area contributed by atoms with Gasteiger partial charge < -0.3 is 20.3 Å². The van der Waals surface area contributed by atoms with Crippen LogP contribution < -0.4 is 15.5 Å². The van der Waals surface area contributed by atoms with Gasteiger partial charge in [-0.05, 0) is 38.0 Å². The Kier molecular flexibility index (Phi) is 9.66. The normalized spacial score (nSPS) is 14.3. The van der Waals surface area contributed by atoms with Crippen LogP contribution in [0.3, 0.4) is 0 Å². The third kappa shape index (κ3) is 6.85. The number of rotatable bonds is 6. The lowest BCUT2D eigenvalue weighted by molar-refractivity contribution is 0.122. The van der Waals surface area contributed by atoms with Crippen molar-refractivity contribution in [2.75, 3.05) is 37.7 Å². The van der Waals surface area contributed by atoms with Gasteiger partial charge in [-0.15, -0.1) is 24.0 Å². The molecular formula is C22H32IN5O. The molecule has 29 heavy (non-hydrogen) atoms. The van der Waals surface area contributed by atoms with Crippen molar-refractivity contribution in [3.05, 3.63) is 58.8 Å². The molecule has 1 fully saturated rings. The van der Waals surface area contributed by atoms with Crippen LogP contribution in [0, 0.1) is 13.8 Å². The van der Waals surface area contributed by atoms with Gasteiger partial charge in [0.2, 0.25) is 0 Å². The molecule has 1 aromatic carbocycles. The minimum Gasteiger partial charge on any atom is -0.378 e. The molecular weight excluding hydrogens is 477 g/mol. The summed E-state index contributed by atoms with van der Waals surface area (Å²) in [4.78, 5) is 11.7. The van der Waals surface area contributed by atoms with Crippen LogP contribution in [0.15, 0.2) is 41.5 Å². The molecule has 0 unspecified atom stereocenters. The SMILES string of the molecule is CCNC(=NCc1cccnc1N1CCOCC1)NCc1ccc(C)cc1C.I. The molecule has 1 aromatic heterocycles. The number of pyridine rings is 1. The molecule has 2 N–H and O–H groups in total. The second kappa shape index (κ2) is 12.0. The van der Waals surface area contributed by atoms with Gasteiger partial charge in [0.05, 0.1) is 19.8 Å². The van der Waals surface area contributed by atoms with E-state index in [0.29, 0.717) is 6.54 Å². The molecule has 2 heterocycles. The van der Waals surface area contributed by atoms with E-state index < -0.39 is 0 Å². The number of halogens is 1. The average molecular weight is 509 g/mol. The Morgan fingerprint density at radius 3 is 2.66 bits per heavy atom. The smallest absolute Gasteiger partial charge is 0.191 e. The van der Waals surface area contributed by atoms with Crippen LogP contribution >= 0.6 is 24.0 Å². The number of hydrogen-bond acceptors (Lipinski definition) is 4. The fourth-order valence-electron chi connectivity index (χ4n) is 3.34. The van der Waals surface area contributed by atoms with E-state index in [4.69, 9.17) is 9.73 Å². The first-order chi connectivity index (χ1) is 13.7. The van der Waals surface area contributed by atoms with Crippen LogP contribution in [0.1, 0.15) is 29.2 Å². The molecule has 0 aliphatic carbocycles. The van der Waals surface area contributed by atoms with E-state index >= 15 is 0 Å². The molecule has 1 saturated heterocycles. The van der Waals surface area contributed by atoms with Crippen LogP contribution in [0.25, 0.3) is 0 Å². The second-order valence-electron chi connectivity index (χ2n) is 7.06. The Balaban J connectivity index is 0.00000300. The first kappa shape index (κ1) is 23.4. The summed E-state index contributed by atoms with van der Waals surface area (Å²) >= 11 is 0. The highest BCUT2D eigenvalue weighted by atomic mass is 127. The van der Waals surface area contributed by atoms with E-state index in [0.717, 1.165) is 56.7 Å². The van der Waals surface area contributed by atoms with Crippen molar-refractivity contribution in [1.29, 1.82) is 0 Å². The lowest BCUT2D eigenvalue weighted by Gasteiger charge is -2.29. The molecule has 0 spiro atoms. The molecule has 7 heteroatoms. The zero-order valence-corrected chi connectivity index (χ0v) is 19.9. The van der Waals surface area contributed by atoms with E-state index in [1.165, 1.54) is 16.7 Å². The number of morpholine rings is 1. The zero-order valence-electron chi connectivity index (χ0n) is 17.6. The quantitative estimate of drug-likeness (QED) is 0.355. The van der Waals surface area contributed by atoms with Gasteiger partial charge in [-0.3, -0.25) is 0 Å². The van der Waals surface area contributed by atoms with Crippen molar-refractivity contribution >= 4 is 35.8 Å². The lowest BCUT2D eigenvalue weighted by Crippen LogP contribution is -2.38. The van der Waals surface area contributed by atoms with E-state index in [1.807, 2.05) is 12.3 Å². The predicted octanol–water partition coefficient (Wildman–Crippen LogP) is 3.41. The van der Waals surface area contributed by atoms with Crippen LogP contribution in [0.2, 0.25) is 0 Å². The van der Waals surface area contributed by atoms with Crippen LogP contribution in [0.5, 0.6) is 0 Å². The minimum absolute atomic E-state index is 0. The van der Waals surface area contributed by atoms with Crippen molar-refractivity contribution in [3.8, 4) is 0 Å². The summed E-state index contributed by atoms with van der Waals surface area (Å²) in [6, 6.07) is 10.6. The van der Waals surface area contributed by atoms with Crippen molar-refractivity contribution < 1.29 is 4.74 Å². The standard InChI is InChI=1S/C22H31N5O.HI/c1-4-23-22(25-15-19-8-7-17(2)14-18(19)3)26-16-20-6-5-9-24-21(20)27-10-12-28-13-11-27;/h5-9,14H,4,10-13,15-16H2,1-3H3,(H2,23,25,26);1H. The molecule has 0 bridgehead atoms. The molecule has 0 radical (unpaired) electrons. The van der Waals surface area contributed by atoms with Gasteiger partial charge in [-0.1, -0.05) is 29.8 Å². The van der Waals surface area contributed by atoms with Gasteiger partial charge in [0.1, 0.15) is 5.82 Å². The largest absolute Gasteiger partial charge is 0.378 e. The number of hydrogen-bond donors (Lipinski definition) is 2. The molecule has 6 nitrogen and oxygen atoms in total. The Hall–Kier alpha value is -1.87. The maximum atomic E-state index is 5.47. The van der Waals surface area contributed by atoms with Crippen molar-refractivity contribution in [3.63, 3.8) is 0 Å². The number of ether oxygens (including phenoxy) is 1. The molecule has 0 atom stereocenters. The summed E-state index contributed by atoms with van der Waals surface area (Å²) < 4.78 is 5.47. The number of aliphatic imine (C=N–C) groups is 1. The maximum absolute atomic E-state index is 5.47. The average Bonchev–Trinajstić information content (AvgIpc) is 2.72. The summed E-state index contributed by atoms with van der Waals surface area (Å²) in [7, 11) is 0. The summed E-state index contributed by atoms with van der Waals surface area (Å²) in [5.74, 6) is 1.83. The fourth-order valence-corrected chi connectivity index (χ4v) is 3.34. The third-order valence-electron chi connectivity index (χ3n) is 4.87. The number of aryl methyl sites for hydroxylation is 2. The van der Waals surface area contributed by atoms with Crippen molar-refractivity contribution in [1.82, 2.24) is 15.6 Å². The van der Waals surface area contributed by atoms with Gasteiger partial charge in [0, 0.05) is 37.9 Å². The summed E-state index contributed by atoms with van der Waals surface area (Å²) in [6.45, 7) is 11.8. The van der Waals surface area contributed by atoms with E-state index in [9.17, 15) is 0 Å². The molecule has 0 amide bonds. The Morgan fingerprint density at radius 2 is 1.93 bits per heavy atom. The summed E-state index contributed by atoms with van der Waals surface area (Å²) in [5.41, 5.74) is 5.00. The van der Waals surface area contributed by atoms with Crippen LogP contribution in [0.4, 0.5) is 5.82 Å². The highest BCUT2D eigenvalue weighted by molar-refractivity contribution is 14.0. The molecule has 1 aliphatic rings. The molecule has 1 aliphatic heterocycles. The maximum Gasteiger partial charge on any atom is 0.191 e. The number of aromatic nitrogens is 1. The van der Waals surface area contributed by atoms with Crippen molar-refractivity contribution in [2.24, 2.45) is 4.99 Å². The topological polar surface area (TPSA) is 61.8 Å². The number of benzene rings is 1. The summed E-state index contributed by atoms with van der Waals surface area (Å²) in [5, 5.41) is 6.79. The molecule has 3 rings (SSSR count). The Labute approximate surface area is 191 Å². The third-order valence-corrected chi connectivity index (χ3v) is 4.87. The minimum atomic E-state index is 0. The lowest BCUT2D eigenvalue weighted by atomic mass is 10.1. The van der Waals surface area contributed by atoms with Gasteiger partial charge >= 0.3 is 0 Å². The number of nitrogens with one attached hydrogen (secondary N) is 2. The van der Waals surface area contributed by atoms with Gasteiger partial charge in [0.25, 0.3) is 0 Å². The van der Waals surface area contributed by atoms with E-state index in [1.54, 1.807) is 0 Å². The number of nitrogens with zero attached hydrogens (tertiary/aromatic N) is 3. The zero-order chi connectivity index (χ0) is 19.8. The van der Waals surface area contributed by atoms with Crippen LogP contribution in [-0.4, -0.2) is 43.8 Å². The first-order valence-electron chi connectivity index (χ1n) is 10.0. The first-order valence-corrected chi connectivity index (χ1v) is 10.0.